The molecule has 5 nitrogen and oxygen atoms in total. The summed E-state index contributed by atoms with van der Waals surface area (Å²) in [7, 11) is 1.70. The van der Waals surface area contributed by atoms with Gasteiger partial charge in [-0.25, -0.2) is 9.78 Å². The van der Waals surface area contributed by atoms with Crippen molar-refractivity contribution in [2.75, 3.05) is 0 Å². The molecule has 1 N–H and O–H groups in total. The Labute approximate surface area is 125 Å². The maximum Gasteiger partial charge on any atom is 0.354 e. The summed E-state index contributed by atoms with van der Waals surface area (Å²) in [6, 6.07) is 7.72. The molecule has 0 fully saturated rings. The lowest BCUT2D eigenvalue weighted by Gasteiger charge is -2.05. The van der Waals surface area contributed by atoms with Crippen LogP contribution in [0.4, 0.5) is 0 Å². The van der Waals surface area contributed by atoms with Crippen molar-refractivity contribution in [1.29, 1.82) is 0 Å². The van der Waals surface area contributed by atoms with E-state index in [1.165, 1.54) is 6.20 Å². The molecule has 0 aliphatic rings. The number of imidazole rings is 1. The molecule has 2 aromatic heterocycles. The first-order valence-corrected chi connectivity index (χ1v) is 6.70. The molecule has 0 atom stereocenters. The van der Waals surface area contributed by atoms with E-state index < -0.39 is 5.97 Å². The third-order valence-electron chi connectivity index (χ3n) is 3.38. The number of benzene rings is 1. The molecule has 6 heteroatoms. The van der Waals surface area contributed by atoms with E-state index in [-0.39, 0.29) is 5.69 Å². The lowest BCUT2D eigenvalue weighted by atomic mass is 10.1. The Morgan fingerprint density at radius 2 is 2.10 bits per heavy atom. The number of carboxylic acid groups (broad SMARTS) is 1. The van der Waals surface area contributed by atoms with Crippen molar-refractivity contribution in [3.63, 3.8) is 0 Å². The summed E-state index contributed by atoms with van der Waals surface area (Å²) < 4.78 is 1.59. The molecule has 0 aliphatic carbocycles. The summed E-state index contributed by atoms with van der Waals surface area (Å²) in [5.74, 6) is -0.285. The molecule has 0 unspecified atom stereocenters. The summed E-state index contributed by atoms with van der Waals surface area (Å²) in [6.45, 7) is 0. The van der Waals surface area contributed by atoms with Crippen molar-refractivity contribution in [2.24, 2.45) is 7.05 Å². The Balaban J connectivity index is 1.96. The van der Waals surface area contributed by atoms with Crippen molar-refractivity contribution in [3.05, 3.63) is 58.8 Å². The maximum absolute atomic E-state index is 11.0. The molecule has 3 rings (SSSR count). The van der Waals surface area contributed by atoms with Crippen molar-refractivity contribution >= 4 is 28.5 Å². The number of hydrogen-bond acceptors (Lipinski definition) is 3. The fourth-order valence-electron chi connectivity index (χ4n) is 2.26. The van der Waals surface area contributed by atoms with Crippen molar-refractivity contribution in [3.8, 4) is 0 Å². The van der Waals surface area contributed by atoms with Crippen LogP contribution >= 0.6 is 11.6 Å². The number of nitrogens with zero attached hydrogens (tertiary/aromatic N) is 3. The van der Waals surface area contributed by atoms with Gasteiger partial charge in [0, 0.05) is 25.1 Å². The normalized spacial score (nSPS) is 11.0. The lowest BCUT2D eigenvalue weighted by molar-refractivity contribution is 0.0686. The number of fused-ring (bicyclic) bond motifs is 1. The van der Waals surface area contributed by atoms with Crippen molar-refractivity contribution < 1.29 is 9.90 Å². The third kappa shape index (κ3) is 2.60. The molecule has 0 aliphatic heterocycles. The summed E-state index contributed by atoms with van der Waals surface area (Å²) >= 11 is 5.95. The molecular formula is C15H12ClN3O2. The maximum atomic E-state index is 11.0. The summed E-state index contributed by atoms with van der Waals surface area (Å²) in [5.41, 5.74) is 2.07. The van der Waals surface area contributed by atoms with E-state index in [0.717, 1.165) is 16.5 Å². The number of carbonyl (C=O) groups is 1. The molecule has 0 bridgehead atoms. The van der Waals surface area contributed by atoms with Crippen molar-refractivity contribution in [2.45, 2.75) is 6.42 Å². The number of halogens is 1. The van der Waals surface area contributed by atoms with Crippen LogP contribution in [0.2, 0.25) is 5.02 Å². The highest BCUT2D eigenvalue weighted by Crippen LogP contribution is 2.19. The molecule has 106 valence electrons. The molecule has 21 heavy (non-hydrogen) atoms. The minimum Gasteiger partial charge on any atom is -0.477 e. The monoisotopic (exact) mass is 301 g/mol. The van der Waals surface area contributed by atoms with Gasteiger partial charge in [-0.1, -0.05) is 17.7 Å². The van der Waals surface area contributed by atoms with Crippen LogP contribution in [0.5, 0.6) is 0 Å². The predicted octanol–water partition coefficient (Wildman–Crippen LogP) is 2.91. The van der Waals surface area contributed by atoms with E-state index in [2.05, 4.69) is 9.97 Å². The smallest absolute Gasteiger partial charge is 0.354 e. The SMILES string of the molecule is Cn1c(C(=O)O)cnc1Cc1ccc2ncc(Cl)cc2c1. The summed E-state index contributed by atoms with van der Waals surface area (Å²) in [5, 5.41) is 10.6. The number of carboxylic acids is 1. The van der Waals surface area contributed by atoms with Crippen LogP contribution in [-0.2, 0) is 13.5 Å². The highest BCUT2D eigenvalue weighted by Gasteiger charge is 2.12. The first-order valence-electron chi connectivity index (χ1n) is 6.32. The van der Waals surface area contributed by atoms with Crippen LogP contribution in [0.1, 0.15) is 21.9 Å². The van der Waals surface area contributed by atoms with Gasteiger partial charge in [0.05, 0.1) is 16.7 Å². The summed E-state index contributed by atoms with van der Waals surface area (Å²) in [6.07, 6.45) is 3.53. The lowest BCUT2D eigenvalue weighted by Crippen LogP contribution is -2.07. The van der Waals surface area contributed by atoms with E-state index in [1.54, 1.807) is 17.8 Å². The van der Waals surface area contributed by atoms with E-state index >= 15 is 0 Å². The van der Waals surface area contributed by atoms with E-state index in [0.29, 0.717) is 17.3 Å². The van der Waals surface area contributed by atoms with Crippen molar-refractivity contribution in [1.82, 2.24) is 14.5 Å². The average molecular weight is 302 g/mol. The van der Waals surface area contributed by atoms with Crippen LogP contribution in [0, 0.1) is 0 Å². The minimum atomic E-state index is -0.981. The standard InChI is InChI=1S/C15H12ClN3O2/c1-19-13(15(20)21)8-18-14(19)5-9-2-3-12-10(4-9)6-11(16)7-17-12/h2-4,6-8H,5H2,1H3,(H,20,21). The molecule has 0 radical (unpaired) electrons. The third-order valence-corrected chi connectivity index (χ3v) is 3.58. The molecule has 0 spiro atoms. The van der Waals surface area contributed by atoms with Gasteiger partial charge in [-0.3, -0.25) is 4.98 Å². The van der Waals surface area contributed by atoms with Gasteiger partial charge < -0.3 is 9.67 Å². The topological polar surface area (TPSA) is 68.0 Å². The zero-order chi connectivity index (χ0) is 15.0. The first-order chi connectivity index (χ1) is 10.0. The Morgan fingerprint density at radius 1 is 1.29 bits per heavy atom. The largest absolute Gasteiger partial charge is 0.477 e. The van der Waals surface area contributed by atoms with Crippen LogP contribution in [0.3, 0.4) is 0 Å². The molecule has 0 amide bonds. The Kier molecular flexibility index (Phi) is 3.35. The number of pyridine rings is 1. The second-order valence-corrected chi connectivity index (χ2v) is 5.22. The van der Waals surface area contributed by atoms with Crippen LogP contribution in [0.15, 0.2) is 36.7 Å². The van der Waals surface area contributed by atoms with Gasteiger partial charge in [0.1, 0.15) is 11.5 Å². The molecular weight excluding hydrogens is 290 g/mol. The van der Waals surface area contributed by atoms with Gasteiger partial charge in [0.15, 0.2) is 0 Å². The zero-order valence-corrected chi connectivity index (χ0v) is 12.0. The Bertz CT molecular complexity index is 842. The number of rotatable bonds is 3. The predicted molar refractivity (Wildman–Crippen MR) is 79.7 cm³/mol. The van der Waals surface area contributed by atoms with Gasteiger partial charge in [0.2, 0.25) is 0 Å². The fourth-order valence-corrected chi connectivity index (χ4v) is 2.42. The van der Waals surface area contributed by atoms with Gasteiger partial charge in [0.25, 0.3) is 0 Å². The molecule has 0 saturated carbocycles. The molecule has 0 saturated heterocycles. The highest BCUT2D eigenvalue weighted by atomic mass is 35.5. The van der Waals surface area contributed by atoms with Gasteiger partial charge in [-0.2, -0.15) is 0 Å². The van der Waals surface area contributed by atoms with Crippen LogP contribution in [0.25, 0.3) is 10.9 Å². The van der Waals surface area contributed by atoms with E-state index in [1.807, 2.05) is 24.3 Å². The van der Waals surface area contributed by atoms with Crippen LogP contribution < -0.4 is 0 Å². The summed E-state index contributed by atoms with van der Waals surface area (Å²) in [4.78, 5) is 19.4. The zero-order valence-electron chi connectivity index (χ0n) is 11.2. The van der Waals surface area contributed by atoms with Crippen LogP contribution in [-0.4, -0.2) is 25.6 Å². The van der Waals surface area contributed by atoms with Gasteiger partial charge in [-0.05, 0) is 23.8 Å². The highest BCUT2D eigenvalue weighted by molar-refractivity contribution is 6.31. The van der Waals surface area contributed by atoms with Gasteiger partial charge in [-0.15, -0.1) is 0 Å². The number of aromatic carboxylic acids is 1. The molecule has 3 aromatic rings. The quantitative estimate of drug-likeness (QED) is 0.807. The molecule has 1 aromatic carbocycles. The Morgan fingerprint density at radius 3 is 2.81 bits per heavy atom. The fraction of sp³-hybridized carbons (Fsp3) is 0.133. The molecule has 2 heterocycles. The second-order valence-electron chi connectivity index (χ2n) is 4.78. The number of hydrogen-bond donors (Lipinski definition) is 1. The minimum absolute atomic E-state index is 0.176. The van der Waals surface area contributed by atoms with E-state index in [9.17, 15) is 4.79 Å². The second kappa shape index (κ2) is 5.18. The number of aromatic nitrogens is 3. The first kappa shape index (κ1) is 13.6. The van der Waals surface area contributed by atoms with E-state index in [4.69, 9.17) is 16.7 Å². The average Bonchev–Trinajstić information content (AvgIpc) is 2.80. The Hall–Kier alpha value is -2.40. The van der Waals surface area contributed by atoms with Gasteiger partial charge >= 0.3 is 5.97 Å².